The average molecular weight is 511 g/mol. The quantitative estimate of drug-likeness (QED) is 0.282. The lowest BCUT2D eigenvalue weighted by atomic mass is 9.82. The van der Waals surface area contributed by atoms with E-state index in [-0.39, 0.29) is 36.2 Å². The zero-order chi connectivity index (χ0) is 26.5. The van der Waals surface area contributed by atoms with Crippen LogP contribution in [0.3, 0.4) is 0 Å². The first kappa shape index (κ1) is 27.0. The number of amides is 3. The molecule has 0 spiro atoms. The number of piperazine rings is 1. The van der Waals surface area contributed by atoms with Crippen molar-refractivity contribution in [3.05, 3.63) is 29.3 Å². The van der Waals surface area contributed by atoms with Gasteiger partial charge in [0.15, 0.2) is 11.6 Å². The molecule has 9 heteroatoms. The number of carbonyl (C=O) groups is 5. The molecular formula is C28H38N4O5. The number of carbonyl (C=O) groups excluding carboxylic acids is 5. The van der Waals surface area contributed by atoms with Crippen LogP contribution in [-0.4, -0.2) is 73.5 Å². The lowest BCUT2D eigenvalue weighted by Crippen LogP contribution is -2.46. The van der Waals surface area contributed by atoms with Crippen molar-refractivity contribution < 1.29 is 24.0 Å². The molecule has 0 radical (unpaired) electrons. The molecule has 0 saturated carbocycles. The summed E-state index contributed by atoms with van der Waals surface area (Å²) in [6.45, 7) is 9.38. The van der Waals surface area contributed by atoms with Crippen molar-refractivity contribution in [1.82, 2.24) is 15.5 Å². The maximum absolute atomic E-state index is 13.2. The Morgan fingerprint density at radius 1 is 1.00 bits per heavy atom. The number of nitrogens with one attached hydrogen (secondary N) is 2. The van der Waals surface area contributed by atoms with Gasteiger partial charge in [0.25, 0.3) is 0 Å². The van der Waals surface area contributed by atoms with E-state index in [4.69, 9.17) is 0 Å². The van der Waals surface area contributed by atoms with Crippen LogP contribution in [0, 0.1) is 17.8 Å². The Morgan fingerprint density at radius 3 is 2.43 bits per heavy atom. The van der Waals surface area contributed by atoms with Crippen molar-refractivity contribution in [2.45, 2.75) is 52.4 Å². The van der Waals surface area contributed by atoms with E-state index in [0.29, 0.717) is 23.5 Å². The van der Waals surface area contributed by atoms with Crippen LogP contribution in [-0.2, 0) is 14.4 Å². The number of nitrogens with zero attached hydrogens (tertiary/aromatic N) is 2. The second-order valence-electron chi connectivity index (χ2n) is 10.8. The number of unbranched alkanes of at least 4 members (excludes halogenated alkanes) is 2. The fourth-order valence-electron chi connectivity index (χ4n) is 5.53. The van der Waals surface area contributed by atoms with E-state index in [2.05, 4.69) is 20.4 Å². The zero-order valence-electron chi connectivity index (χ0n) is 21.9. The van der Waals surface area contributed by atoms with Crippen LogP contribution >= 0.6 is 0 Å². The van der Waals surface area contributed by atoms with Crippen molar-refractivity contribution in [3.8, 4) is 0 Å². The molecule has 4 rings (SSSR count). The third kappa shape index (κ3) is 6.44. The number of anilines is 1. The molecule has 3 aliphatic rings. The Kier molecular flexibility index (Phi) is 8.74. The highest BCUT2D eigenvalue weighted by Gasteiger charge is 2.47. The predicted octanol–water partition coefficient (Wildman–Crippen LogP) is 2.19. The lowest BCUT2D eigenvalue weighted by Gasteiger charge is -2.36. The number of hydrogen-bond donors (Lipinski definition) is 2. The number of Topliss-reactive ketones (excluding diaryl/α,β-unsaturated/α-hetero) is 2. The summed E-state index contributed by atoms with van der Waals surface area (Å²) in [6.07, 6.45) is 4.12. The first-order chi connectivity index (χ1) is 17.7. The largest absolute Gasteiger partial charge is 0.369 e. The molecular weight excluding hydrogens is 472 g/mol. The van der Waals surface area contributed by atoms with E-state index < -0.39 is 17.7 Å². The topological polar surface area (TPSA) is 116 Å². The molecule has 200 valence electrons. The molecule has 1 aliphatic carbocycles. The predicted molar refractivity (Wildman–Crippen MR) is 139 cm³/mol. The van der Waals surface area contributed by atoms with Crippen LogP contribution in [0.25, 0.3) is 0 Å². The van der Waals surface area contributed by atoms with Gasteiger partial charge in [-0.25, -0.2) is 0 Å². The van der Waals surface area contributed by atoms with E-state index in [1.807, 2.05) is 19.9 Å². The highest BCUT2D eigenvalue weighted by Crippen LogP contribution is 2.37. The molecule has 0 aromatic heterocycles. The number of ketones is 2. The Hall–Kier alpha value is -3.07. The summed E-state index contributed by atoms with van der Waals surface area (Å²) < 4.78 is 0. The van der Waals surface area contributed by atoms with Gasteiger partial charge in [-0.3, -0.25) is 34.2 Å². The Balaban J connectivity index is 1.23. The van der Waals surface area contributed by atoms with E-state index in [9.17, 15) is 24.0 Å². The maximum Gasteiger partial charge on any atom is 0.230 e. The SMILES string of the molecule is CC(C)CC(=O)NCCCCCN1CCN(c2ccc3c(c2)C(=O)C(C2CCC(=O)NC2=O)C3=O)CC1. The van der Waals surface area contributed by atoms with Crippen molar-refractivity contribution in [2.24, 2.45) is 17.8 Å². The summed E-state index contributed by atoms with van der Waals surface area (Å²) in [5, 5.41) is 5.25. The van der Waals surface area contributed by atoms with Gasteiger partial charge in [-0.05, 0) is 49.9 Å². The number of benzene rings is 1. The van der Waals surface area contributed by atoms with Gasteiger partial charge < -0.3 is 10.2 Å². The van der Waals surface area contributed by atoms with Crippen molar-refractivity contribution in [1.29, 1.82) is 0 Å². The highest BCUT2D eigenvalue weighted by molar-refractivity contribution is 6.28. The van der Waals surface area contributed by atoms with E-state index in [0.717, 1.165) is 64.2 Å². The molecule has 37 heavy (non-hydrogen) atoms. The van der Waals surface area contributed by atoms with Gasteiger partial charge in [-0.2, -0.15) is 0 Å². The fraction of sp³-hybridized carbons (Fsp3) is 0.607. The maximum atomic E-state index is 13.2. The lowest BCUT2D eigenvalue weighted by molar-refractivity contribution is -0.137. The molecule has 1 aromatic carbocycles. The van der Waals surface area contributed by atoms with Crippen LogP contribution in [0.4, 0.5) is 5.69 Å². The Morgan fingerprint density at radius 2 is 1.73 bits per heavy atom. The molecule has 2 saturated heterocycles. The van der Waals surface area contributed by atoms with Crippen LogP contribution in [0.1, 0.15) is 73.1 Å². The zero-order valence-corrected chi connectivity index (χ0v) is 21.9. The number of imide groups is 1. The number of piperidine rings is 1. The third-order valence-corrected chi connectivity index (χ3v) is 7.59. The smallest absolute Gasteiger partial charge is 0.230 e. The summed E-state index contributed by atoms with van der Waals surface area (Å²) in [7, 11) is 0. The van der Waals surface area contributed by atoms with Gasteiger partial charge >= 0.3 is 0 Å². The standard InChI is InChI=1S/C28H38N4O5/c1-18(2)16-24(34)29-10-4-3-5-11-31-12-14-32(15-13-31)19-6-7-20-22(17-19)27(36)25(26(20)35)21-8-9-23(33)30-28(21)37/h6-7,17-18,21,25H,3-5,8-16H2,1-2H3,(H,29,34)(H,30,33,37). The van der Waals surface area contributed by atoms with Gasteiger partial charge in [0.05, 0.1) is 11.8 Å². The van der Waals surface area contributed by atoms with Crippen LogP contribution < -0.4 is 15.5 Å². The van der Waals surface area contributed by atoms with E-state index in [1.54, 1.807) is 12.1 Å². The summed E-state index contributed by atoms with van der Waals surface area (Å²) in [5.74, 6) is -2.80. The number of rotatable bonds is 10. The van der Waals surface area contributed by atoms with Crippen LogP contribution in [0.2, 0.25) is 0 Å². The molecule has 1 aromatic rings. The molecule has 2 heterocycles. The number of hydrogen-bond acceptors (Lipinski definition) is 7. The van der Waals surface area contributed by atoms with Gasteiger partial charge in [-0.15, -0.1) is 0 Å². The van der Waals surface area contributed by atoms with Crippen molar-refractivity contribution in [3.63, 3.8) is 0 Å². The molecule has 2 unspecified atom stereocenters. The van der Waals surface area contributed by atoms with Crippen LogP contribution in [0.5, 0.6) is 0 Å². The second-order valence-corrected chi connectivity index (χ2v) is 10.8. The minimum absolute atomic E-state index is 0.134. The number of fused-ring (bicyclic) bond motifs is 1. The molecule has 2 fully saturated rings. The Bertz CT molecular complexity index is 1060. The first-order valence-electron chi connectivity index (χ1n) is 13.5. The summed E-state index contributed by atoms with van der Waals surface area (Å²) >= 11 is 0. The normalized spacial score (nSPS) is 22.4. The molecule has 2 aliphatic heterocycles. The highest BCUT2D eigenvalue weighted by atomic mass is 16.2. The summed E-state index contributed by atoms with van der Waals surface area (Å²) in [6, 6.07) is 5.40. The molecule has 9 nitrogen and oxygen atoms in total. The average Bonchev–Trinajstić information content (AvgIpc) is 3.10. The summed E-state index contributed by atoms with van der Waals surface area (Å²) in [4.78, 5) is 66.3. The van der Waals surface area contributed by atoms with Gasteiger partial charge in [0.2, 0.25) is 17.7 Å². The Labute approximate surface area is 218 Å². The first-order valence-corrected chi connectivity index (χ1v) is 13.5. The van der Waals surface area contributed by atoms with Crippen molar-refractivity contribution in [2.75, 3.05) is 44.2 Å². The molecule has 3 amide bonds. The fourth-order valence-corrected chi connectivity index (χ4v) is 5.53. The molecule has 0 bridgehead atoms. The second kappa shape index (κ2) is 12.0. The van der Waals surface area contributed by atoms with Crippen molar-refractivity contribution >= 4 is 35.0 Å². The molecule has 2 N–H and O–H groups in total. The molecule has 2 atom stereocenters. The minimum atomic E-state index is -1.03. The van der Waals surface area contributed by atoms with E-state index in [1.165, 1.54) is 0 Å². The third-order valence-electron chi connectivity index (χ3n) is 7.59. The minimum Gasteiger partial charge on any atom is -0.369 e. The monoisotopic (exact) mass is 510 g/mol. The van der Waals surface area contributed by atoms with Gasteiger partial charge in [-0.1, -0.05) is 20.3 Å². The van der Waals surface area contributed by atoms with E-state index >= 15 is 0 Å². The van der Waals surface area contributed by atoms with Crippen LogP contribution in [0.15, 0.2) is 18.2 Å². The van der Waals surface area contributed by atoms with Gasteiger partial charge in [0.1, 0.15) is 0 Å². The van der Waals surface area contributed by atoms with Gasteiger partial charge in [0, 0.05) is 62.4 Å². The summed E-state index contributed by atoms with van der Waals surface area (Å²) in [5.41, 5.74) is 1.68.